The summed E-state index contributed by atoms with van der Waals surface area (Å²) in [6, 6.07) is 8.59. The molecule has 5 nitrogen and oxygen atoms in total. The van der Waals surface area contributed by atoms with Gasteiger partial charge < -0.3 is 14.6 Å². The van der Waals surface area contributed by atoms with Crippen LogP contribution in [0.3, 0.4) is 0 Å². The maximum Gasteiger partial charge on any atom is 0.416 e. The molecule has 0 saturated carbocycles. The highest BCUT2D eigenvalue weighted by Gasteiger charge is 2.31. The maximum atomic E-state index is 13.3. The Bertz CT molecular complexity index is 1270. The van der Waals surface area contributed by atoms with Crippen molar-refractivity contribution < 1.29 is 22.4 Å². The van der Waals surface area contributed by atoms with E-state index in [-0.39, 0.29) is 16.7 Å². The number of fused-ring (bicyclic) bond motifs is 1. The van der Waals surface area contributed by atoms with Gasteiger partial charge in [-0.3, -0.25) is 9.59 Å². The fourth-order valence-corrected chi connectivity index (χ4v) is 3.94. The molecule has 0 atom stereocenters. The minimum absolute atomic E-state index is 0.0857. The first kappa shape index (κ1) is 22.6. The lowest BCUT2D eigenvalue weighted by Gasteiger charge is -2.31. The van der Waals surface area contributed by atoms with E-state index < -0.39 is 17.6 Å². The SMILES string of the molecule is Cc1ccc2occ(/C=C/C(=O)Nc3cc(C(F)(F)F)ccc3N3CCCCC3)c(=O)c2c1. The van der Waals surface area contributed by atoms with Gasteiger partial charge in [0.15, 0.2) is 5.43 Å². The number of nitrogens with one attached hydrogen (secondary N) is 1. The van der Waals surface area contributed by atoms with Crippen molar-refractivity contribution in [1.82, 2.24) is 0 Å². The Balaban J connectivity index is 1.61. The lowest BCUT2D eigenvalue weighted by molar-refractivity contribution is -0.137. The number of carbonyl (C=O) groups excluding carboxylic acids is 1. The quantitative estimate of drug-likeness (QED) is 0.507. The molecule has 33 heavy (non-hydrogen) atoms. The van der Waals surface area contributed by atoms with Crippen molar-refractivity contribution in [2.45, 2.75) is 32.4 Å². The molecule has 0 radical (unpaired) electrons. The number of nitrogens with zero attached hydrogens (tertiary/aromatic N) is 1. The molecule has 1 saturated heterocycles. The van der Waals surface area contributed by atoms with Crippen LogP contribution in [0.1, 0.15) is 36.0 Å². The Labute approximate surface area is 188 Å². The topological polar surface area (TPSA) is 62.6 Å². The molecule has 1 aliphatic heterocycles. The van der Waals surface area contributed by atoms with E-state index in [0.717, 1.165) is 43.0 Å². The molecule has 0 unspecified atom stereocenters. The van der Waals surface area contributed by atoms with Crippen LogP contribution in [-0.2, 0) is 11.0 Å². The molecule has 3 aromatic rings. The molecule has 2 heterocycles. The lowest BCUT2D eigenvalue weighted by Crippen LogP contribution is -2.30. The van der Waals surface area contributed by atoms with Gasteiger partial charge in [0, 0.05) is 19.2 Å². The Kier molecular flexibility index (Phi) is 6.26. The average Bonchev–Trinajstić information content (AvgIpc) is 2.79. The molecular weight excluding hydrogens is 433 g/mol. The standard InChI is InChI=1S/C25H23F3N2O3/c1-16-5-9-22-19(13-16)24(32)17(15-33-22)6-10-23(31)29-20-14-18(25(26,27)28)7-8-21(20)30-11-3-2-4-12-30/h5-10,13-15H,2-4,11-12H2,1H3,(H,29,31)/b10-6+. The minimum Gasteiger partial charge on any atom is -0.463 e. The van der Waals surface area contributed by atoms with Gasteiger partial charge in [0.2, 0.25) is 5.91 Å². The Morgan fingerprint density at radius 1 is 1.09 bits per heavy atom. The zero-order valence-corrected chi connectivity index (χ0v) is 18.0. The smallest absolute Gasteiger partial charge is 0.416 e. The van der Waals surface area contributed by atoms with Crippen molar-refractivity contribution in [3.63, 3.8) is 0 Å². The Morgan fingerprint density at radius 2 is 1.85 bits per heavy atom. The summed E-state index contributed by atoms with van der Waals surface area (Å²) in [4.78, 5) is 27.2. The van der Waals surface area contributed by atoms with E-state index in [2.05, 4.69) is 5.32 Å². The van der Waals surface area contributed by atoms with E-state index in [9.17, 15) is 22.8 Å². The number of anilines is 2. The van der Waals surface area contributed by atoms with Crippen LogP contribution < -0.4 is 15.6 Å². The molecule has 1 N–H and O–H groups in total. The molecule has 8 heteroatoms. The number of alkyl halides is 3. The second-order valence-corrected chi connectivity index (χ2v) is 8.12. The van der Waals surface area contributed by atoms with Gasteiger partial charge in [-0.25, -0.2) is 0 Å². The number of piperidine rings is 1. The second kappa shape index (κ2) is 9.13. The molecule has 1 aromatic heterocycles. The van der Waals surface area contributed by atoms with E-state index in [4.69, 9.17) is 4.42 Å². The fourth-order valence-electron chi connectivity index (χ4n) is 3.94. The third-order valence-corrected chi connectivity index (χ3v) is 5.65. The summed E-state index contributed by atoms with van der Waals surface area (Å²) in [6.07, 6.45) is 2.09. The van der Waals surface area contributed by atoms with E-state index in [1.807, 2.05) is 17.9 Å². The summed E-state index contributed by atoms with van der Waals surface area (Å²) in [7, 11) is 0. The summed E-state index contributed by atoms with van der Waals surface area (Å²) in [5.74, 6) is -0.642. The molecule has 1 amide bonds. The maximum absolute atomic E-state index is 13.3. The minimum atomic E-state index is -4.53. The van der Waals surface area contributed by atoms with Gasteiger partial charge in [0.05, 0.1) is 27.9 Å². The zero-order valence-electron chi connectivity index (χ0n) is 18.0. The third-order valence-electron chi connectivity index (χ3n) is 5.65. The third kappa shape index (κ3) is 5.10. The average molecular weight is 456 g/mol. The first-order chi connectivity index (χ1) is 15.7. The highest BCUT2D eigenvalue weighted by molar-refractivity contribution is 6.04. The van der Waals surface area contributed by atoms with Crippen LogP contribution >= 0.6 is 0 Å². The van der Waals surface area contributed by atoms with Crippen LogP contribution in [0.5, 0.6) is 0 Å². The molecular formula is C25H23F3N2O3. The zero-order chi connectivity index (χ0) is 23.6. The van der Waals surface area contributed by atoms with E-state index >= 15 is 0 Å². The van der Waals surface area contributed by atoms with Gasteiger partial charge in [-0.15, -0.1) is 0 Å². The number of aryl methyl sites for hydroxylation is 1. The van der Waals surface area contributed by atoms with Crippen LogP contribution in [-0.4, -0.2) is 19.0 Å². The molecule has 0 bridgehead atoms. The van der Waals surface area contributed by atoms with Crippen molar-refractivity contribution in [3.8, 4) is 0 Å². The predicted molar refractivity (Wildman–Crippen MR) is 122 cm³/mol. The van der Waals surface area contributed by atoms with E-state index in [0.29, 0.717) is 29.7 Å². The number of carbonyl (C=O) groups is 1. The van der Waals surface area contributed by atoms with Crippen LogP contribution in [0.4, 0.5) is 24.5 Å². The summed E-state index contributed by atoms with van der Waals surface area (Å²) in [5, 5.41) is 2.95. The number of hydrogen-bond acceptors (Lipinski definition) is 4. The highest BCUT2D eigenvalue weighted by atomic mass is 19.4. The van der Waals surface area contributed by atoms with Crippen LogP contribution in [0.25, 0.3) is 17.0 Å². The normalized spacial score (nSPS) is 14.7. The van der Waals surface area contributed by atoms with Crippen molar-refractivity contribution in [2.24, 2.45) is 0 Å². The molecule has 2 aromatic carbocycles. The largest absolute Gasteiger partial charge is 0.463 e. The molecule has 1 aliphatic rings. The Hall–Kier alpha value is -3.55. The Morgan fingerprint density at radius 3 is 2.58 bits per heavy atom. The van der Waals surface area contributed by atoms with Crippen LogP contribution in [0.2, 0.25) is 0 Å². The molecule has 1 fully saturated rings. The van der Waals surface area contributed by atoms with E-state index in [1.54, 1.807) is 12.1 Å². The van der Waals surface area contributed by atoms with Crippen molar-refractivity contribution in [2.75, 3.05) is 23.3 Å². The van der Waals surface area contributed by atoms with Gasteiger partial charge in [-0.05, 0) is 62.6 Å². The molecule has 0 spiro atoms. The van der Waals surface area contributed by atoms with Gasteiger partial charge in [-0.1, -0.05) is 11.6 Å². The van der Waals surface area contributed by atoms with Gasteiger partial charge in [0.25, 0.3) is 0 Å². The van der Waals surface area contributed by atoms with Gasteiger partial charge in [-0.2, -0.15) is 13.2 Å². The fraction of sp³-hybridized carbons (Fsp3) is 0.280. The highest BCUT2D eigenvalue weighted by Crippen LogP contribution is 2.36. The monoisotopic (exact) mass is 456 g/mol. The predicted octanol–water partition coefficient (Wildman–Crippen LogP) is 5.76. The lowest BCUT2D eigenvalue weighted by atomic mass is 10.1. The number of amides is 1. The molecule has 0 aliphatic carbocycles. The summed E-state index contributed by atoms with van der Waals surface area (Å²) in [6.45, 7) is 3.27. The molecule has 172 valence electrons. The van der Waals surface area contributed by atoms with Gasteiger partial charge in [0.1, 0.15) is 11.8 Å². The van der Waals surface area contributed by atoms with Crippen LogP contribution in [0.15, 0.2) is 57.9 Å². The van der Waals surface area contributed by atoms with Crippen LogP contribution in [0, 0.1) is 6.92 Å². The first-order valence-electron chi connectivity index (χ1n) is 10.7. The summed E-state index contributed by atoms with van der Waals surface area (Å²) in [5.41, 5.74) is 0.993. The first-order valence-corrected chi connectivity index (χ1v) is 10.7. The number of hydrogen-bond donors (Lipinski definition) is 1. The van der Waals surface area contributed by atoms with Gasteiger partial charge >= 0.3 is 6.18 Å². The summed E-state index contributed by atoms with van der Waals surface area (Å²) < 4.78 is 45.3. The number of rotatable bonds is 4. The second-order valence-electron chi connectivity index (χ2n) is 8.12. The van der Waals surface area contributed by atoms with E-state index in [1.165, 1.54) is 18.4 Å². The molecule has 4 rings (SSSR count). The van der Waals surface area contributed by atoms with Crippen molar-refractivity contribution in [3.05, 3.63) is 75.7 Å². The number of benzene rings is 2. The summed E-state index contributed by atoms with van der Waals surface area (Å²) >= 11 is 0. The number of halogens is 3. The van der Waals surface area contributed by atoms with Crippen molar-refractivity contribution in [1.29, 1.82) is 0 Å². The van der Waals surface area contributed by atoms with Crippen molar-refractivity contribution >= 4 is 34.3 Å².